The minimum atomic E-state index is -0.706. The van der Waals surface area contributed by atoms with E-state index >= 15 is 0 Å². The predicted octanol–water partition coefficient (Wildman–Crippen LogP) is 3.81. The molecule has 1 heterocycles. The van der Waals surface area contributed by atoms with E-state index < -0.39 is 18.0 Å². The molecule has 2 aromatic rings. The summed E-state index contributed by atoms with van der Waals surface area (Å²) in [4.78, 5) is 25.4. The maximum Gasteiger partial charge on any atom is 0.338 e. The summed E-state index contributed by atoms with van der Waals surface area (Å²) in [5, 5.41) is 5.60. The number of urea groups is 1. The van der Waals surface area contributed by atoms with Crippen LogP contribution in [0, 0.1) is 0 Å². The Balaban J connectivity index is 2.14. The zero-order valence-electron chi connectivity index (χ0n) is 17.4. The molecule has 0 radical (unpaired) electrons. The second-order valence-electron chi connectivity index (χ2n) is 6.48. The number of hydrogen-bond acceptors (Lipinski definition) is 5. The van der Waals surface area contributed by atoms with Crippen molar-refractivity contribution in [1.82, 2.24) is 10.6 Å². The Bertz CT molecular complexity index is 940. The van der Waals surface area contributed by atoms with Crippen molar-refractivity contribution >= 4 is 17.7 Å². The molecule has 2 amide bonds. The van der Waals surface area contributed by atoms with Crippen molar-refractivity contribution in [1.29, 1.82) is 0 Å². The van der Waals surface area contributed by atoms with Crippen LogP contribution in [0.15, 0.2) is 54.1 Å². The number of hydrogen-bond donors (Lipinski definition) is 2. The lowest BCUT2D eigenvalue weighted by molar-refractivity contribution is -0.138. The van der Waals surface area contributed by atoms with Gasteiger partial charge in [0, 0.05) is 0 Å². The van der Waals surface area contributed by atoms with Crippen LogP contribution < -0.4 is 20.1 Å². The standard InChI is InChI=1S/C23H26N2O5/c1-4-28-17-13-12-16(14-18(17)29-5-2)21-19(22(26)30-6-3)20(24-23(27)25-21)15-10-8-7-9-11-15/h7-14,21H,4-6H2,1-3H3,(H2,24,25,27). The number of esters is 1. The van der Waals surface area contributed by atoms with Gasteiger partial charge in [0.1, 0.15) is 0 Å². The van der Waals surface area contributed by atoms with Crippen molar-refractivity contribution in [2.45, 2.75) is 26.8 Å². The van der Waals surface area contributed by atoms with Gasteiger partial charge in [0.25, 0.3) is 0 Å². The third-order valence-electron chi connectivity index (χ3n) is 4.53. The molecule has 0 aromatic heterocycles. The first-order chi connectivity index (χ1) is 14.6. The number of carbonyl (C=O) groups excluding carboxylic acids is 2. The van der Waals surface area contributed by atoms with E-state index in [1.165, 1.54) is 0 Å². The van der Waals surface area contributed by atoms with E-state index in [4.69, 9.17) is 14.2 Å². The molecule has 1 aliphatic rings. The fraction of sp³-hybridized carbons (Fsp3) is 0.304. The van der Waals surface area contributed by atoms with Gasteiger partial charge in [0.15, 0.2) is 11.5 Å². The normalized spacial score (nSPS) is 15.8. The predicted molar refractivity (Wildman–Crippen MR) is 113 cm³/mol. The van der Waals surface area contributed by atoms with Crippen molar-refractivity contribution in [3.8, 4) is 11.5 Å². The molecule has 1 aliphatic heterocycles. The summed E-state index contributed by atoms with van der Waals surface area (Å²) in [6.45, 7) is 6.69. The smallest absolute Gasteiger partial charge is 0.338 e. The lowest BCUT2D eigenvalue weighted by atomic mass is 9.92. The van der Waals surface area contributed by atoms with Crippen LogP contribution in [-0.2, 0) is 9.53 Å². The highest BCUT2D eigenvalue weighted by atomic mass is 16.5. The van der Waals surface area contributed by atoms with Gasteiger partial charge in [0.05, 0.1) is 37.1 Å². The lowest BCUT2D eigenvalue weighted by Gasteiger charge is -2.30. The molecule has 1 unspecified atom stereocenters. The first-order valence-corrected chi connectivity index (χ1v) is 10.0. The van der Waals surface area contributed by atoms with E-state index in [0.29, 0.717) is 41.5 Å². The molecule has 30 heavy (non-hydrogen) atoms. The molecule has 0 fully saturated rings. The van der Waals surface area contributed by atoms with Crippen LogP contribution in [0.3, 0.4) is 0 Å². The summed E-state index contributed by atoms with van der Waals surface area (Å²) in [5.41, 5.74) is 2.16. The van der Waals surface area contributed by atoms with Crippen LogP contribution >= 0.6 is 0 Å². The summed E-state index contributed by atoms with van der Waals surface area (Å²) >= 11 is 0. The number of nitrogens with one attached hydrogen (secondary N) is 2. The Morgan fingerprint density at radius 3 is 2.30 bits per heavy atom. The van der Waals surface area contributed by atoms with Crippen molar-refractivity contribution in [3.05, 3.63) is 65.2 Å². The Labute approximate surface area is 176 Å². The number of ether oxygens (including phenoxy) is 3. The molecule has 0 saturated heterocycles. The molecule has 158 valence electrons. The van der Waals surface area contributed by atoms with Gasteiger partial charge < -0.3 is 24.8 Å². The van der Waals surface area contributed by atoms with Crippen molar-refractivity contribution in [3.63, 3.8) is 0 Å². The summed E-state index contributed by atoms with van der Waals surface area (Å²) in [6.07, 6.45) is 0. The topological polar surface area (TPSA) is 85.9 Å². The SMILES string of the molecule is CCOC(=O)C1=C(c2ccccc2)NC(=O)NC1c1ccc(OCC)c(OCC)c1. The Kier molecular flexibility index (Phi) is 6.95. The number of carbonyl (C=O) groups is 2. The molecule has 2 aromatic carbocycles. The van der Waals surface area contributed by atoms with Crippen LogP contribution in [0.2, 0.25) is 0 Å². The van der Waals surface area contributed by atoms with Crippen molar-refractivity contribution < 1.29 is 23.8 Å². The summed E-state index contributed by atoms with van der Waals surface area (Å²) < 4.78 is 16.7. The van der Waals surface area contributed by atoms with E-state index in [9.17, 15) is 9.59 Å². The fourth-order valence-corrected chi connectivity index (χ4v) is 3.32. The maximum atomic E-state index is 12.9. The average molecular weight is 410 g/mol. The Morgan fingerprint density at radius 2 is 1.63 bits per heavy atom. The van der Waals surface area contributed by atoms with Gasteiger partial charge in [0.2, 0.25) is 0 Å². The van der Waals surface area contributed by atoms with Gasteiger partial charge in [-0.25, -0.2) is 9.59 Å². The fourth-order valence-electron chi connectivity index (χ4n) is 3.32. The summed E-state index contributed by atoms with van der Waals surface area (Å²) in [7, 11) is 0. The second kappa shape index (κ2) is 9.82. The number of benzene rings is 2. The van der Waals surface area contributed by atoms with E-state index in [2.05, 4.69) is 10.6 Å². The van der Waals surface area contributed by atoms with Crippen LogP contribution in [0.25, 0.3) is 5.70 Å². The third kappa shape index (κ3) is 4.56. The Hall–Kier alpha value is -3.48. The van der Waals surface area contributed by atoms with Crippen LogP contribution in [0.1, 0.15) is 37.9 Å². The molecule has 2 N–H and O–H groups in total. The van der Waals surface area contributed by atoms with Gasteiger partial charge in [-0.1, -0.05) is 36.4 Å². The Morgan fingerprint density at radius 1 is 0.933 bits per heavy atom. The molecule has 0 spiro atoms. The molecule has 7 heteroatoms. The second-order valence-corrected chi connectivity index (χ2v) is 6.48. The molecular weight excluding hydrogens is 384 g/mol. The van der Waals surface area contributed by atoms with E-state index in [1.54, 1.807) is 19.1 Å². The first-order valence-electron chi connectivity index (χ1n) is 10.0. The van der Waals surface area contributed by atoms with Crippen LogP contribution in [0.4, 0.5) is 4.79 Å². The highest BCUT2D eigenvalue weighted by molar-refractivity contribution is 6.04. The van der Waals surface area contributed by atoms with E-state index in [1.807, 2.05) is 50.2 Å². The molecule has 0 bridgehead atoms. The molecule has 1 atom stereocenters. The number of rotatable bonds is 8. The molecule has 7 nitrogen and oxygen atoms in total. The largest absolute Gasteiger partial charge is 0.490 e. The molecule has 0 aliphatic carbocycles. The van der Waals surface area contributed by atoms with Crippen LogP contribution in [-0.4, -0.2) is 31.8 Å². The highest BCUT2D eigenvalue weighted by Gasteiger charge is 2.34. The van der Waals surface area contributed by atoms with Crippen molar-refractivity contribution in [2.75, 3.05) is 19.8 Å². The lowest BCUT2D eigenvalue weighted by Crippen LogP contribution is -2.45. The average Bonchev–Trinajstić information content (AvgIpc) is 2.75. The van der Waals surface area contributed by atoms with Gasteiger partial charge in [-0.05, 0) is 44.0 Å². The van der Waals surface area contributed by atoms with Crippen LogP contribution in [0.5, 0.6) is 11.5 Å². The third-order valence-corrected chi connectivity index (χ3v) is 4.53. The summed E-state index contributed by atoms with van der Waals surface area (Å²) in [6, 6.07) is 13.5. The molecule has 0 saturated carbocycles. The van der Waals surface area contributed by atoms with Crippen molar-refractivity contribution in [2.24, 2.45) is 0 Å². The number of amides is 2. The minimum Gasteiger partial charge on any atom is -0.490 e. The maximum absolute atomic E-state index is 12.9. The first kappa shape index (κ1) is 21.2. The zero-order valence-corrected chi connectivity index (χ0v) is 17.4. The van der Waals surface area contributed by atoms with E-state index in [0.717, 1.165) is 5.56 Å². The molecule has 3 rings (SSSR count). The van der Waals surface area contributed by atoms with E-state index in [-0.39, 0.29) is 6.61 Å². The van der Waals surface area contributed by atoms with Gasteiger partial charge in [-0.2, -0.15) is 0 Å². The zero-order chi connectivity index (χ0) is 21.5. The minimum absolute atomic E-state index is 0.221. The van der Waals surface area contributed by atoms with Gasteiger partial charge in [-0.15, -0.1) is 0 Å². The van der Waals surface area contributed by atoms with Gasteiger partial charge in [-0.3, -0.25) is 0 Å². The van der Waals surface area contributed by atoms with Gasteiger partial charge >= 0.3 is 12.0 Å². The summed E-state index contributed by atoms with van der Waals surface area (Å²) in [5.74, 6) is 0.656. The molecular formula is C23H26N2O5. The monoisotopic (exact) mass is 410 g/mol. The highest BCUT2D eigenvalue weighted by Crippen LogP contribution is 2.36. The quantitative estimate of drug-likeness (QED) is 0.647.